The maximum absolute atomic E-state index is 14.0. The van der Waals surface area contributed by atoms with E-state index in [1.807, 2.05) is 52.0 Å². The van der Waals surface area contributed by atoms with Crippen LogP contribution in [0.15, 0.2) is 29.8 Å². The highest BCUT2D eigenvalue weighted by Crippen LogP contribution is 2.40. The highest BCUT2D eigenvalue weighted by atomic mass is 32.1. The Kier molecular flexibility index (Phi) is 9.75. The van der Waals surface area contributed by atoms with Crippen molar-refractivity contribution >= 4 is 35.0 Å². The molecule has 0 bridgehead atoms. The smallest absolute Gasteiger partial charge is 0.309 e. The minimum atomic E-state index is -1.14. The maximum atomic E-state index is 14.0. The van der Waals surface area contributed by atoms with E-state index in [9.17, 15) is 24.3 Å². The molecule has 1 aromatic heterocycles. The van der Waals surface area contributed by atoms with Crippen molar-refractivity contribution in [2.24, 2.45) is 5.41 Å². The summed E-state index contributed by atoms with van der Waals surface area (Å²) in [6.07, 6.45) is -0.0849. The Morgan fingerprint density at radius 2 is 1.76 bits per heavy atom. The van der Waals surface area contributed by atoms with Crippen LogP contribution >= 0.6 is 11.3 Å². The number of β-amino-alcohol motifs (C(OH)–C–C–N with tert-alkyl or cyclic N) is 1. The van der Waals surface area contributed by atoms with Crippen molar-refractivity contribution in [3.05, 3.63) is 52.5 Å². The second-order valence-corrected chi connectivity index (χ2v) is 15.1. The van der Waals surface area contributed by atoms with Crippen molar-refractivity contribution in [2.45, 2.75) is 109 Å². The molecular formula is C33H44N6O5S. The Hall–Kier alpha value is -3.82. The molecule has 4 rings (SSSR count). The number of aliphatic hydroxyl groups is 1. The van der Waals surface area contributed by atoms with Crippen molar-refractivity contribution in [3.8, 4) is 10.4 Å². The first-order valence-corrected chi connectivity index (χ1v) is 16.1. The lowest BCUT2D eigenvalue weighted by Gasteiger charge is -2.35. The predicted molar refractivity (Wildman–Crippen MR) is 172 cm³/mol. The summed E-state index contributed by atoms with van der Waals surface area (Å²) in [5.41, 5.74) is 2.04. The first-order valence-electron chi connectivity index (χ1n) is 15.2. The molecule has 1 saturated carbocycles. The van der Waals surface area contributed by atoms with Crippen molar-refractivity contribution in [1.29, 1.82) is 0 Å². The minimum absolute atomic E-state index is 0.0128. The molecule has 1 saturated heterocycles. The topological polar surface area (TPSA) is 145 Å². The van der Waals surface area contributed by atoms with Crippen LogP contribution in [0.1, 0.15) is 84.5 Å². The van der Waals surface area contributed by atoms with Gasteiger partial charge in [-0.3, -0.25) is 24.0 Å². The summed E-state index contributed by atoms with van der Waals surface area (Å²) in [6.45, 7) is 20.3. The van der Waals surface area contributed by atoms with E-state index in [2.05, 4.69) is 25.8 Å². The summed E-state index contributed by atoms with van der Waals surface area (Å²) in [5, 5.41) is 19.3. The average molecular weight is 637 g/mol. The lowest BCUT2D eigenvalue weighted by Crippen LogP contribution is -2.59. The molecule has 242 valence electrons. The van der Waals surface area contributed by atoms with Crippen molar-refractivity contribution in [1.82, 2.24) is 25.8 Å². The Morgan fingerprint density at radius 1 is 1.11 bits per heavy atom. The number of carbonyl (C=O) groups excluding carboxylic acids is 4. The second kappa shape index (κ2) is 12.9. The van der Waals surface area contributed by atoms with Crippen LogP contribution in [0.3, 0.4) is 0 Å². The number of likely N-dealkylation sites (tertiary alicyclic amines) is 1. The lowest BCUT2D eigenvalue weighted by atomic mass is 9.85. The molecule has 4 amide bonds. The zero-order valence-electron chi connectivity index (χ0n) is 27.1. The molecule has 2 fully saturated rings. The SMILES string of the molecule is [C-]#[N+]C1(C(=O)N[C@H](C(=O)N2C[C@H](O)C[C@H]2C(=O)N[C@@H](CC(=O)NC(C)(C)C)c2ccc(-c3scnc3C)cc2)C(C)(C)C)CC1. The number of carbonyl (C=O) groups is 4. The number of rotatable bonds is 9. The standard InChI is InChI=1S/C33H44N6O5S/c1-19-26(45-18-35-19)21-11-9-20(10-12-21)23(16-25(41)38-32(5,6)7)36-28(42)24-15-22(40)17-39(24)29(43)27(31(2,3)4)37-30(44)33(34-8)13-14-33/h9-12,18,22-24,27,40H,13-17H2,1-7H3,(H,36,42)(H,37,44)(H,38,41)/t22-,23+,24+,27-/m1/s1. The zero-order valence-corrected chi connectivity index (χ0v) is 27.9. The normalized spacial score (nSPS) is 20.5. The van der Waals surface area contributed by atoms with E-state index < -0.39 is 58.4 Å². The zero-order chi connectivity index (χ0) is 33.3. The van der Waals surface area contributed by atoms with E-state index in [1.54, 1.807) is 26.3 Å². The van der Waals surface area contributed by atoms with Crippen molar-refractivity contribution < 1.29 is 24.3 Å². The van der Waals surface area contributed by atoms with Crippen molar-refractivity contribution in [3.63, 3.8) is 0 Å². The number of nitrogens with zero attached hydrogens (tertiary/aromatic N) is 3. The fraction of sp³-hybridized carbons (Fsp3) is 0.576. The third-order valence-electron chi connectivity index (χ3n) is 8.15. The van der Waals surface area contributed by atoms with Gasteiger partial charge in [-0.1, -0.05) is 45.0 Å². The van der Waals surface area contributed by atoms with Crippen LogP contribution in [0.5, 0.6) is 0 Å². The second-order valence-electron chi connectivity index (χ2n) is 14.3. The number of hydrogen-bond acceptors (Lipinski definition) is 7. The van der Waals surface area contributed by atoms with Crippen LogP contribution in [0.4, 0.5) is 0 Å². The van der Waals surface area contributed by atoms with Crippen LogP contribution in [-0.2, 0) is 19.2 Å². The number of nitrogens with one attached hydrogen (secondary N) is 3. The van der Waals surface area contributed by atoms with E-state index in [1.165, 1.54) is 16.2 Å². The summed E-state index contributed by atoms with van der Waals surface area (Å²) in [7, 11) is 0. The number of aliphatic hydroxyl groups excluding tert-OH is 1. The van der Waals surface area contributed by atoms with Crippen molar-refractivity contribution in [2.75, 3.05) is 6.54 Å². The molecule has 0 radical (unpaired) electrons. The number of benzene rings is 1. The van der Waals surface area contributed by atoms with Crippen LogP contribution in [-0.4, -0.2) is 74.4 Å². The van der Waals surface area contributed by atoms with Gasteiger partial charge in [0, 0.05) is 31.3 Å². The summed E-state index contributed by atoms with van der Waals surface area (Å²) in [5.74, 6) is -1.75. The lowest BCUT2D eigenvalue weighted by molar-refractivity contribution is -0.144. The fourth-order valence-electron chi connectivity index (χ4n) is 5.51. The molecule has 2 heterocycles. The summed E-state index contributed by atoms with van der Waals surface area (Å²) >= 11 is 1.53. The molecule has 1 aliphatic heterocycles. The van der Waals surface area contributed by atoms with Crippen LogP contribution < -0.4 is 16.0 Å². The van der Waals surface area contributed by atoms with Gasteiger partial charge >= 0.3 is 11.4 Å². The highest BCUT2D eigenvalue weighted by molar-refractivity contribution is 7.13. The van der Waals surface area contributed by atoms with Crippen LogP contribution in [0.25, 0.3) is 15.3 Å². The summed E-state index contributed by atoms with van der Waals surface area (Å²) in [6, 6.07) is 4.85. The molecule has 4 atom stereocenters. The van der Waals surface area contributed by atoms with Crippen LogP contribution in [0.2, 0.25) is 0 Å². The number of aryl methyl sites for hydroxylation is 1. The number of aromatic nitrogens is 1. The predicted octanol–water partition coefficient (Wildman–Crippen LogP) is 3.53. The summed E-state index contributed by atoms with van der Waals surface area (Å²) in [4.78, 5) is 64.0. The third kappa shape index (κ3) is 8.07. The van der Waals surface area contributed by atoms with Crippen LogP contribution in [0, 0.1) is 18.9 Å². The van der Waals surface area contributed by atoms with Gasteiger partial charge in [0.25, 0.3) is 0 Å². The van der Waals surface area contributed by atoms with E-state index in [0.29, 0.717) is 18.4 Å². The Labute approximate surface area is 269 Å². The van der Waals surface area contributed by atoms with Gasteiger partial charge < -0.3 is 26.0 Å². The maximum Gasteiger partial charge on any atom is 0.309 e. The molecule has 2 aromatic rings. The van der Waals surface area contributed by atoms with E-state index in [4.69, 9.17) is 6.57 Å². The van der Waals surface area contributed by atoms with Gasteiger partial charge in [0.05, 0.1) is 34.6 Å². The number of amides is 4. The Balaban J connectivity index is 1.57. The molecule has 11 nitrogen and oxygen atoms in total. The first-order chi connectivity index (χ1) is 20.9. The quantitative estimate of drug-likeness (QED) is 0.310. The van der Waals surface area contributed by atoms with Gasteiger partial charge in [0.2, 0.25) is 17.7 Å². The Morgan fingerprint density at radius 3 is 2.27 bits per heavy atom. The van der Waals surface area contributed by atoms with Gasteiger partial charge in [-0.15, -0.1) is 11.3 Å². The van der Waals surface area contributed by atoms with E-state index in [0.717, 1.165) is 16.1 Å². The van der Waals surface area contributed by atoms with Gasteiger partial charge in [0.1, 0.15) is 12.1 Å². The van der Waals surface area contributed by atoms with Gasteiger partial charge in [-0.05, 0) is 44.2 Å². The van der Waals surface area contributed by atoms with Gasteiger partial charge in [-0.2, -0.15) is 0 Å². The van der Waals surface area contributed by atoms with Gasteiger partial charge in [-0.25, -0.2) is 11.6 Å². The first kappa shape index (κ1) is 34.1. The summed E-state index contributed by atoms with van der Waals surface area (Å²) < 4.78 is 0. The minimum Gasteiger partial charge on any atom is -0.391 e. The largest absolute Gasteiger partial charge is 0.391 e. The fourth-order valence-corrected chi connectivity index (χ4v) is 6.33. The molecule has 1 aromatic carbocycles. The molecule has 1 aliphatic carbocycles. The van der Waals surface area contributed by atoms with E-state index in [-0.39, 0.29) is 25.3 Å². The van der Waals surface area contributed by atoms with E-state index >= 15 is 0 Å². The average Bonchev–Trinajstić information content (AvgIpc) is 3.48. The number of thiazole rings is 1. The van der Waals surface area contributed by atoms with Gasteiger partial charge in [0.15, 0.2) is 0 Å². The molecule has 2 aliphatic rings. The molecule has 45 heavy (non-hydrogen) atoms. The number of hydrogen-bond donors (Lipinski definition) is 4. The third-order valence-corrected chi connectivity index (χ3v) is 9.13. The molecule has 0 unspecified atom stereocenters. The molecular weight excluding hydrogens is 592 g/mol. The Bertz CT molecular complexity index is 1480. The molecule has 12 heteroatoms. The highest BCUT2D eigenvalue weighted by Gasteiger charge is 2.59. The monoisotopic (exact) mass is 636 g/mol. The molecule has 4 N–H and O–H groups in total. The molecule has 0 spiro atoms.